The average molecular weight is 861 g/mol. The van der Waals surface area contributed by atoms with Crippen LogP contribution in [-0.4, -0.2) is 84.2 Å². The molecule has 8 fully saturated rings. The van der Waals surface area contributed by atoms with E-state index < -0.39 is 52.7 Å². The lowest BCUT2D eigenvalue weighted by Gasteiger charge is -2.70. The van der Waals surface area contributed by atoms with Crippen LogP contribution in [0.3, 0.4) is 0 Å². The van der Waals surface area contributed by atoms with Crippen molar-refractivity contribution in [2.75, 3.05) is 0 Å². The number of aliphatic hydroxyl groups is 4. The van der Waals surface area contributed by atoms with Gasteiger partial charge in [-0.1, -0.05) is 41.5 Å². The third-order valence-corrected chi connectivity index (χ3v) is 15.9. The van der Waals surface area contributed by atoms with Gasteiger partial charge >= 0.3 is 24.1 Å². The van der Waals surface area contributed by atoms with Crippen molar-refractivity contribution in [2.45, 2.75) is 232 Å². The van der Waals surface area contributed by atoms with Crippen molar-refractivity contribution in [3.05, 3.63) is 0 Å². The number of carbonyl (C=O) groups excluding carboxylic acids is 3. The van der Waals surface area contributed by atoms with Gasteiger partial charge in [-0.2, -0.15) is 13.2 Å². The van der Waals surface area contributed by atoms with Gasteiger partial charge in [-0.3, -0.25) is 14.4 Å². The molecule has 8 bridgehead atoms. The van der Waals surface area contributed by atoms with Gasteiger partial charge in [-0.05, 0) is 149 Å². The van der Waals surface area contributed by atoms with Crippen LogP contribution in [0.5, 0.6) is 0 Å². The Labute approximate surface area is 357 Å². The molecule has 9 atom stereocenters. The van der Waals surface area contributed by atoms with Gasteiger partial charge < -0.3 is 34.6 Å². The molecule has 10 nitrogen and oxygen atoms in total. The lowest BCUT2D eigenvalue weighted by molar-refractivity contribution is -0.286. The molecule has 0 radical (unpaired) electrons. The highest BCUT2D eigenvalue weighted by atomic mass is 19.4. The SMILES string of the molecule is CCC(C)C(=O)OC(C)CC(C)(O)C(F)(F)F.CCC(C)C(=O)OC12CC3CC(C(C)(C)O)(C1)CC(C(C)(C)O)(C3)C2.CCC(C)C(=O)OC12CC3CC(CC(O)(C3)C1)C2. The first-order valence-electron chi connectivity index (χ1n) is 22.8. The average Bonchev–Trinajstić information content (AvgIpc) is 3.07. The first-order chi connectivity index (χ1) is 27.2. The zero-order valence-electron chi connectivity index (χ0n) is 38.7. The Morgan fingerprint density at radius 1 is 0.600 bits per heavy atom. The molecule has 8 rings (SSSR count). The van der Waals surface area contributed by atoms with Crippen LogP contribution in [0.1, 0.15) is 186 Å². The molecule has 4 N–H and O–H groups in total. The highest BCUT2D eigenvalue weighted by Gasteiger charge is 2.71. The Morgan fingerprint density at radius 3 is 1.38 bits per heavy atom. The van der Waals surface area contributed by atoms with Crippen LogP contribution in [0.25, 0.3) is 0 Å². The van der Waals surface area contributed by atoms with E-state index in [0.717, 1.165) is 77.0 Å². The van der Waals surface area contributed by atoms with Crippen LogP contribution >= 0.6 is 0 Å². The molecule has 0 amide bonds. The maximum Gasteiger partial charge on any atom is 0.417 e. The van der Waals surface area contributed by atoms with Gasteiger partial charge in [-0.15, -0.1) is 0 Å². The molecule has 0 aromatic rings. The minimum absolute atomic E-state index is 0.0207. The molecule has 9 unspecified atom stereocenters. The smallest absolute Gasteiger partial charge is 0.417 e. The summed E-state index contributed by atoms with van der Waals surface area (Å²) in [6, 6.07) is 0. The Balaban J connectivity index is 0.000000204. The van der Waals surface area contributed by atoms with Crippen LogP contribution < -0.4 is 0 Å². The van der Waals surface area contributed by atoms with Gasteiger partial charge in [-0.25, -0.2) is 0 Å². The summed E-state index contributed by atoms with van der Waals surface area (Å²) in [5, 5.41) is 41.9. The van der Waals surface area contributed by atoms with Crippen molar-refractivity contribution in [3.63, 3.8) is 0 Å². The second-order valence-electron chi connectivity index (χ2n) is 22.2. The standard InChI is InChI=1S/C21H36O4.C15H24O3.C11H19F3O3/c1-7-14(2)16(22)25-21-10-15-8-19(12-21,17(3,4)23)11-20(9-15,13-21)18(5,6)24;1-3-10(2)13(16)18-15-7-11-4-12(8-15)6-14(17,5-11)9-15;1-5-7(2)9(15)17-8(3)6-10(4,16)11(12,13)14/h14-15,23-24H,7-13H2,1-6H3;10-12,17H,3-9H2,1-2H3;7-8,16H,5-6H2,1-4H3. The first kappa shape index (κ1) is 50.7. The molecule has 0 saturated heterocycles. The molecule has 0 aromatic heterocycles. The largest absolute Gasteiger partial charge is 0.462 e. The molecule has 348 valence electrons. The Kier molecular flexibility index (Phi) is 14.8. The van der Waals surface area contributed by atoms with Gasteiger partial charge in [0.2, 0.25) is 0 Å². The van der Waals surface area contributed by atoms with E-state index in [1.54, 1.807) is 13.8 Å². The minimum Gasteiger partial charge on any atom is -0.462 e. The number of rotatable bonds is 13. The Bertz CT molecular complexity index is 1480. The molecule has 0 aliphatic heterocycles. The number of alkyl halides is 3. The molecule has 13 heteroatoms. The molecule has 8 aliphatic rings. The van der Waals surface area contributed by atoms with Crippen molar-refractivity contribution in [1.82, 2.24) is 0 Å². The minimum atomic E-state index is -4.73. The maximum absolute atomic E-state index is 12.6. The highest BCUT2D eigenvalue weighted by Crippen LogP contribution is 2.72. The molecule has 0 heterocycles. The van der Waals surface area contributed by atoms with Gasteiger partial charge in [0.05, 0.1) is 34.6 Å². The fraction of sp³-hybridized carbons (Fsp3) is 0.936. The van der Waals surface area contributed by atoms with E-state index in [4.69, 9.17) is 14.2 Å². The van der Waals surface area contributed by atoms with E-state index in [2.05, 4.69) is 0 Å². The number of halogens is 3. The zero-order chi connectivity index (χ0) is 45.7. The van der Waals surface area contributed by atoms with Gasteiger partial charge in [0, 0.05) is 23.7 Å². The normalized spacial score (nSPS) is 37.0. The first-order valence-corrected chi connectivity index (χ1v) is 22.8. The number of hydrogen-bond donors (Lipinski definition) is 4. The van der Waals surface area contributed by atoms with E-state index in [-0.39, 0.29) is 46.1 Å². The summed E-state index contributed by atoms with van der Waals surface area (Å²) in [5.74, 6) is 0.327. The van der Waals surface area contributed by atoms with Gasteiger partial charge in [0.25, 0.3) is 0 Å². The number of ether oxygens (including phenoxy) is 3. The summed E-state index contributed by atoms with van der Waals surface area (Å²) in [6.07, 6.45) is 6.56. The van der Waals surface area contributed by atoms with Gasteiger partial charge in [0.15, 0.2) is 5.60 Å². The predicted molar refractivity (Wildman–Crippen MR) is 221 cm³/mol. The predicted octanol–water partition coefficient (Wildman–Crippen LogP) is 9.15. The molecule has 0 aromatic carbocycles. The maximum atomic E-state index is 12.6. The summed E-state index contributed by atoms with van der Waals surface area (Å²) in [6.45, 7) is 20.8. The summed E-state index contributed by atoms with van der Waals surface area (Å²) in [5.41, 5.74) is -6.53. The van der Waals surface area contributed by atoms with E-state index >= 15 is 0 Å². The molecular weight excluding hydrogens is 782 g/mol. The third-order valence-electron chi connectivity index (χ3n) is 15.9. The summed E-state index contributed by atoms with van der Waals surface area (Å²) in [4.78, 5) is 36.0. The van der Waals surface area contributed by atoms with E-state index in [1.807, 2.05) is 55.4 Å². The quantitative estimate of drug-likeness (QED) is 0.104. The van der Waals surface area contributed by atoms with Crippen molar-refractivity contribution in [3.8, 4) is 0 Å². The van der Waals surface area contributed by atoms with Crippen LogP contribution in [0, 0.1) is 46.3 Å². The van der Waals surface area contributed by atoms with E-state index in [1.165, 1.54) is 13.3 Å². The van der Waals surface area contributed by atoms with Crippen LogP contribution in [-0.2, 0) is 28.6 Å². The van der Waals surface area contributed by atoms with Crippen LogP contribution in [0.4, 0.5) is 13.2 Å². The molecule has 60 heavy (non-hydrogen) atoms. The number of hydrogen-bond acceptors (Lipinski definition) is 10. The van der Waals surface area contributed by atoms with Crippen LogP contribution in [0.2, 0.25) is 0 Å². The summed E-state index contributed by atoms with van der Waals surface area (Å²) < 4.78 is 54.0. The van der Waals surface area contributed by atoms with Gasteiger partial charge in [0.1, 0.15) is 17.3 Å². The number of esters is 3. The lowest BCUT2D eigenvalue weighted by Crippen LogP contribution is -2.70. The second-order valence-corrected chi connectivity index (χ2v) is 22.2. The van der Waals surface area contributed by atoms with Crippen molar-refractivity contribution >= 4 is 17.9 Å². The van der Waals surface area contributed by atoms with Crippen molar-refractivity contribution in [2.24, 2.45) is 46.3 Å². The number of carbonyl (C=O) groups is 3. The van der Waals surface area contributed by atoms with Crippen LogP contribution in [0.15, 0.2) is 0 Å². The summed E-state index contributed by atoms with van der Waals surface area (Å²) >= 11 is 0. The summed E-state index contributed by atoms with van der Waals surface area (Å²) in [7, 11) is 0. The Morgan fingerprint density at radius 2 is 1.00 bits per heavy atom. The van der Waals surface area contributed by atoms with E-state index in [0.29, 0.717) is 37.5 Å². The Hall–Kier alpha value is -1.96. The fourth-order valence-corrected chi connectivity index (χ4v) is 12.2. The third kappa shape index (κ3) is 10.9. The van der Waals surface area contributed by atoms with E-state index in [9.17, 15) is 48.0 Å². The monoisotopic (exact) mass is 861 g/mol. The fourth-order valence-electron chi connectivity index (χ4n) is 12.2. The zero-order valence-corrected chi connectivity index (χ0v) is 38.7. The van der Waals surface area contributed by atoms with Crippen molar-refractivity contribution < 1.29 is 62.2 Å². The topological polar surface area (TPSA) is 160 Å². The molecule has 8 aliphatic carbocycles. The second kappa shape index (κ2) is 17.5. The van der Waals surface area contributed by atoms with Crippen molar-refractivity contribution in [1.29, 1.82) is 0 Å². The molecule has 0 spiro atoms. The highest BCUT2D eigenvalue weighted by molar-refractivity contribution is 5.73. The lowest BCUT2D eigenvalue weighted by atomic mass is 9.37. The molecule has 8 saturated carbocycles. The molecular formula is C47H79F3O10.